The fourth-order valence-electron chi connectivity index (χ4n) is 5.29. The van der Waals surface area contributed by atoms with E-state index in [0.29, 0.717) is 5.56 Å². The number of piperidine rings is 1. The van der Waals surface area contributed by atoms with Gasteiger partial charge in [-0.1, -0.05) is 30.3 Å². The van der Waals surface area contributed by atoms with Gasteiger partial charge in [-0.25, -0.2) is 0 Å². The Bertz CT molecular complexity index is 1400. The molecule has 3 heterocycles. The van der Waals surface area contributed by atoms with E-state index >= 15 is 0 Å². The number of alkyl halides is 3. The average molecular weight is 556 g/mol. The Morgan fingerprint density at radius 3 is 2.42 bits per heavy atom. The molecule has 40 heavy (non-hydrogen) atoms. The molecule has 1 aromatic heterocycles. The lowest BCUT2D eigenvalue weighted by atomic mass is 9.95. The Morgan fingerprint density at radius 2 is 1.75 bits per heavy atom. The van der Waals surface area contributed by atoms with Crippen LogP contribution in [0.2, 0.25) is 0 Å². The van der Waals surface area contributed by atoms with Crippen LogP contribution in [-0.2, 0) is 22.3 Å². The Labute approximate surface area is 228 Å². The first-order valence-corrected chi connectivity index (χ1v) is 12.9. The maximum atomic E-state index is 13.9. The lowest BCUT2D eigenvalue weighted by molar-refractivity contribution is -0.137. The van der Waals surface area contributed by atoms with Crippen molar-refractivity contribution in [2.45, 2.75) is 44.3 Å². The highest BCUT2D eigenvalue weighted by Gasteiger charge is 2.54. The molecule has 8 nitrogen and oxygen atoms in total. The van der Waals surface area contributed by atoms with Gasteiger partial charge in [0.15, 0.2) is 5.76 Å². The van der Waals surface area contributed by atoms with Crippen molar-refractivity contribution in [1.82, 2.24) is 15.1 Å². The first-order chi connectivity index (χ1) is 19.1. The van der Waals surface area contributed by atoms with E-state index in [4.69, 9.17) is 9.15 Å². The Balaban J connectivity index is 1.36. The highest BCUT2D eigenvalue weighted by molar-refractivity contribution is 5.99. The molecule has 2 aromatic carbocycles. The van der Waals surface area contributed by atoms with Crippen LogP contribution >= 0.6 is 0 Å². The zero-order valence-corrected chi connectivity index (χ0v) is 21.7. The summed E-state index contributed by atoms with van der Waals surface area (Å²) < 4.78 is 50.8. The highest BCUT2D eigenvalue weighted by atomic mass is 19.4. The maximum absolute atomic E-state index is 13.9. The SMILES string of the molecule is Cc1ccccc1C(=O)N1C(C(=O)NCc2cccc(C(F)(F)F)c2)COC12CCN(C(=O)c1ccco1)CC2. The summed E-state index contributed by atoms with van der Waals surface area (Å²) in [7, 11) is 0. The minimum atomic E-state index is -4.50. The number of nitrogens with zero attached hydrogens (tertiary/aromatic N) is 2. The van der Waals surface area contributed by atoms with Crippen molar-refractivity contribution in [3.8, 4) is 0 Å². The summed E-state index contributed by atoms with van der Waals surface area (Å²) in [6.07, 6.45) is -2.54. The Hall–Kier alpha value is -4.12. The number of hydrogen-bond acceptors (Lipinski definition) is 5. The number of carbonyl (C=O) groups is 3. The van der Waals surface area contributed by atoms with Gasteiger partial charge in [-0.05, 0) is 48.4 Å². The molecule has 1 spiro atoms. The van der Waals surface area contributed by atoms with E-state index in [2.05, 4.69) is 5.32 Å². The molecule has 11 heteroatoms. The summed E-state index contributed by atoms with van der Waals surface area (Å²) in [5, 5.41) is 2.68. The first kappa shape index (κ1) is 27.4. The van der Waals surface area contributed by atoms with Gasteiger partial charge in [-0.2, -0.15) is 13.2 Å². The number of rotatable bonds is 5. The van der Waals surface area contributed by atoms with Crippen LogP contribution in [0.15, 0.2) is 71.3 Å². The monoisotopic (exact) mass is 555 g/mol. The lowest BCUT2D eigenvalue weighted by Crippen LogP contribution is -2.59. The second-order valence-corrected chi connectivity index (χ2v) is 9.95. The lowest BCUT2D eigenvalue weighted by Gasteiger charge is -2.44. The molecule has 2 fully saturated rings. The topological polar surface area (TPSA) is 92.1 Å². The van der Waals surface area contributed by atoms with Crippen LogP contribution in [-0.4, -0.2) is 59.0 Å². The van der Waals surface area contributed by atoms with Gasteiger partial charge in [0.1, 0.15) is 11.8 Å². The number of benzene rings is 2. The number of ether oxygens (including phenoxy) is 1. The number of nitrogens with one attached hydrogen (secondary N) is 1. The van der Waals surface area contributed by atoms with Gasteiger partial charge in [-0.3, -0.25) is 19.3 Å². The van der Waals surface area contributed by atoms with Crippen molar-refractivity contribution < 1.29 is 36.7 Å². The van der Waals surface area contributed by atoms with Gasteiger partial charge in [0.05, 0.1) is 18.4 Å². The van der Waals surface area contributed by atoms with Crippen LogP contribution in [0.1, 0.15) is 50.4 Å². The molecule has 3 aromatic rings. The zero-order chi connectivity index (χ0) is 28.5. The van der Waals surface area contributed by atoms with E-state index in [0.717, 1.165) is 17.7 Å². The van der Waals surface area contributed by atoms with E-state index in [9.17, 15) is 27.6 Å². The van der Waals surface area contributed by atoms with Crippen molar-refractivity contribution in [3.05, 3.63) is 94.9 Å². The second kappa shape index (κ2) is 10.8. The number of amides is 3. The summed E-state index contributed by atoms with van der Waals surface area (Å²) in [4.78, 5) is 43.2. The molecule has 0 aliphatic carbocycles. The molecule has 1 N–H and O–H groups in total. The number of carbonyl (C=O) groups excluding carboxylic acids is 3. The normalized spacial score (nSPS) is 18.6. The molecule has 0 bridgehead atoms. The summed E-state index contributed by atoms with van der Waals surface area (Å²) in [6.45, 7) is 2.11. The predicted molar refractivity (Wildman–Crippen MR) is 137 cm³/mol. The molecule has 1 atom stereocenters. The third-order valence-electron chi connectivity index (χ3n) is 7.44. The smallest absolute Gasteiger partial charge is 0.416 e. The van der Waals surface area contributed by atoms with E-state index in [1.807, 2.05) is 0 Å². The van der Waals surface area contributed by atoms with E-state index < -0.39 is 29.4 Å². The number of aryl methyl sites for hydroxylation is 1. The number of likely N-dealkylation sites (tertiary alicyclic amines) is 1. The average Bonchev–Trinajstić information content (AvgIpc) is 3.61. The summed E-state index contributed by atoms with van der Waals surface area (Å²) in [5.41, 5.74) is -0.523. The molecular formula is C29H28F3N3O5. The quantitative estimate of drug-likeness (QED) is 0.504. The highest BCUT2D eigenvalue weighted by Crippen LogP contribution is 2.39. The van der Waals surface area contributed by atoms with Crippen molar-refractivity contribution in [3.63, 3.8) is 0 Å². The van der Waals surface area contributed by atoms with Crippen LogP contribution in [0.5, 0.6) is 0 Å². The molecule has 1 unspecified atom stereocenters. The molecule has 0 saturated carbocycles. The number of furan rings is 1. The van der Waals surface area contributed by atoms with Gasteiger partial charge in [0, 0.05) is 38.0 Å². The molecule has 2 aliphatic heterocycles. The number of halogens is 3. The van der Waals surface area contributed by atoms with E-state index in [1.165, 1.54) is 23.3 Å². The predicted octanol–water partition coefficient (Wildman–Crippen LogP) is 4.40. The van der Waals surface area contributed by atoms with E-state index in [1.54, 1.807) is 48.2 Å². The third-order valence-corrected chi connectivity index (χ3v) is 7.44. The second-order valence-electron chi connectivity index (χ2n) is 9.95. The minimum Gasteiger partial charge on any atom is -0.459 e. The third kappa shape index (κ3) is 5.33. The van der Waals surface area contributed by atoms with Crippen LogP contribution < -0.4 is 5.32 Å². The molecular weight excluding hydrogens is 527 g/mol. The summed E-state index contributed by atoms with van der Waals surface area (Å²) >= 11 is 0. The van der Waals surface area contributed by atoms with Crippen LogP contribution in [0.3, 0.4) is 0 Å². The maximum Gasteiger partial charge on any atom is 0.416 e. The molecule has 2 saturated heterocycles. The molecule has 5 rings (SSSR count). The van der Waals surface area contributed by atoms with Crippen LogP contribution in [0.25, 0.3) is 0 Å². The zero-order valence-electron chi connectivity index (χ0n) is 21.7. The first-order valence-electron chi connectivity index (χ1n) is 12.9. The largest absolute Gasteiger partial charge is 0.459 e. The summed E-state index contributed by atoms with van der Waals surface area (Å²) in [5.74, 6) is -0.987. The van der Waals surface area contributed by atoms with Gasteiger partial charge in [-0.15, -0.1) is 0 Å². The standard InChI is InChI=1S/C29H28F3N3O5/c1-19-6-2-3-9-22(19)26(37)35-23(25(36)33-17-20-7-4-8-21(16-20)29(30,31)32)18-40-28(35)11-13-34(14-12-28)27(38)24-10-5-15-39-24/h2-10,15-16,23H,11-14,17-18H2,1H3,(H,33,36). The van der Waals surface area contributed by atoms with Gasteiger partial charge >= 0.3 is 6.18 Å². The van der Waals surface area contributed by atoms with Gasteiger partial charge in [0.2, 0.25) is 5.91 Å². The Morgan fingerprint density at radius 1 is 1.00 bits per heavy atom. The fourth-order valence-corrected chi connectivity index (χ4v) is 5.29. The van der Waals surface area contributed by atoms with Crippen molar-refractivity contribution in [2.75, 3.05) is 19.7 Å². The van der Waals surface area contributed by atoms with E-state index in [-0.39, 0.29) is 62.2 Å². The molecule has 2 aliphatic rings. The number of hydrogen-bond donors (Lipinski definition) is 1. The van der Waals surface area contributed by atoms with Gasteiger partial charge < -0.3 is 19.4 Å². The van der Waals surface area contributed by atoms with Crippen LogP contribution in [0.4, 0.5) is 13.2 Å². The minimum absolute atomic E-state index is 0.0851. The van der Waals surface area contributed by atoms with Crippen molar-refractivity contribution in [1.29, 1.82) is 0 Å². The van der Waals surface area contributed by atoms with Crippen LogP contribution in [0, 0.1) is 6.92 Å². The van der Waals surface area contributed by atoms with Gasteiger partial charge in [0.25, 0.3) is 11.8 Å². The molecule has 0 radical (unpaired) electrons. The fraction of sp³-hybridized carbons (Fsp3) is 0.345. The van der Waals surface area contributed by atoms with Crippen molar-refractivity contribution >= 4 is 17.7 Å². The molecule has 210 valence electrons. The molecule has 3 amide bonds. The summed E-state index contributed by atoms with van der Waals surface area (Å²) in [6, 6.07) is 13.9. The van der Waals surface area contributed by atoms with Crippen molar-refractivity contribution in [2.24, 2.45) is 0 Å². The Kier molecular flexibility index (Phi) is 7.41.